The van der Waals surface area contributed by atoms with Crippen LogP contribution in [-0.2, 0) is 13.6 Å². The highest BCUT2D eigenvalue weighted by atomic mass is 16.5. The summed E-state index contributed by atoms with van der Waals surface area (Å²) < 4.78 is 7.39. The molecule has 2 N–H and O–H groups in total. The van der Waals surface area contributed by atoms with Gasteiger partial charge in [-0.1, -0.05) is 6.07 Å². The fraction of sp³-hybridized carbons (Fsp3) is 0.438. The number of benzene rings is 1. The molecule has 114 valence electrons. The summed E-state index contributed by atoms with van der Waals surface area (Å²) in [4.78, 5) is 0. The summed E-state index contributed by atoms with van der Waals surface area (Å²) >= 11 is 0. The minimum absolute atomic E-state index is 0.281. The summed E-state index contributed by atoms with van der Waals surface area (Å²) in [6.45, 7) is 5.52. The number of ether oxygens (including phenoxy) is 1. The van der Waals surface area contributed by atoms with Gasteiger partial charge in [0.2, 0.25) is 0 Å². The number of aliphatic hydroxyl groups is 1. The van der Waals surface area contributed by atoms with Gasteiger partial charge in [0.15, 0.2) is 0 Å². The Labute approximate surface area is 125 Å². The molecule has 0 saturated carbocycles. The van der Waals surface area contributed by atoms with E-state index in [1.165, 1.54) is 0 Å². The van der Waals surface area contributed by atoms with Crippen molar-refractivity contribution < 1.29 is 9.84 Å². The Morgan fingerprint density at radius 1 is 1.29 bits per heavy atom. The number of nitrogens with one attached hydrogen (secondary N) is 1. The van der Waals surface area contributed by atoms with Gasteiger partial charge in [-0.3, -0.25) is 4.68 Å². The van der Waals surface area contributed by atoms with Crippen LogP contribution in [0.5, 0.6) is 5.75 Å². The van der Waals surface area contributed by atoms with Gasteiger partial charge in [0.1, 0.15) is 18.5 Å². The zero-order chi connectivity index (χ0) is 15.2. The van der Waals surface area contributed by atoms with Crippen molar-refractivity contribution in [2.24, 2.45) is 7.05 Å². The molecule has 2 rings (SSSR count). The van der Waals surface area contributed by atoms with Gasteiger partial charge in [-0.2, -0.15) is 5.10 Å². The number of nitrogens with zero attached hydrogens (tertiary/aromatic N) is 2. The average molecular weight is 289 g/mol. The predicted octanol–water partition coefficient (Wildman–Crippen LogP) is 1.57. The van der Waals surface area contributed by atoms with Gasteiger partial charge >= 0.3 is 0 Å². The standard InChI is InChI=1S/C16H23N3O2/c1-12-4-13(2)6-16(5-12)21-11-15(20)9-17-7-14-8-18-19(3)10-14/h4-6,8,10,15,17,20H,7,9,11H2,1-3H3. The van der Waals surface area contributed by atoms with Crippen molar-refractivity contribution in [2.75, 3.05) is 13.2 Å². The number of hydrogen-bond acceptors (Lipinski definition) is 4. The third-order valence-corrected chi connectivity index (χ3v) is 3.11. The molecule has 5 nitrogen and oxygen atoms in total. The molecule has 21 heavy (non-hydrogen) atoms. The fourth-order valence-corrected chi connectivity index (χ4v) is 2.21. The molecule has 5 heteroatoms. The highest BCUT2D eigenvalue weighted by molar-refractivity contribution is 5.32. The van der Waals surface area contributed by atoms with Crippen LogP contribution in [0.25, 0.3) is 0 Å². The zero-order valence-electron chi connectivity index (χ0n) is 12.8. The minimum Gasteiger partial charge on any atom is -0.491 e. The number of aliphatic hydroxyl groups excluding tert-OH is 1. The normalized spacial score (nSPS) is 12.4. The van der Waals surface area contributed by atoms with Crippen molar-refractivity contribution in [3.8, 4) is 5.75 Å². The fourth-order valence-electron chi connectivity index (χ4n) is 2.21. The molecule has 1 aromatic heterocycles. The van der Waals surface area contributed by atoms with E-state index in [2.05, 4.69) is 16.5 Å². The molecule has 0 radical (unpaired) electrons. The van der Waals surface area contributed by atoms with Crippen molar-refractivity contribution in [2.45, 2.75) is 26.5 Å². The smallest absolute Gasteiger partial charge is 0.119 e. The molecule has 0 saturated heterocycles. The van der Waals surface area contributed by atoms with E-state index in [1.807, 2.05) is 45.4 Å². The molecule has 1 heterocycles. The monoisotopic (exact) mass is 289 g/mol. The van der Waals surface area contributed by atoms with Crippen molar-refractivity contribution in [1.29, 1.82) is 0 Å². The van der Waals surface area contributed by atoms with Crippen LogP contribution in [0.2, 0.25) is 0 Å². The van der Waals surface area contributed by atoms with Gasteiger partial charge in [0.05, 0.1) is 6.20 Å². The van der Waals surface area contributed by atoms with E-state index < -0.39 is 6.10 Å². The molecule has 0 aliphatic rings. The molecule has 1 aromatic carbocycles. The van der Waals surface area contributed by atoms with Crippen LogP contribution in [0.1, 0.15) is 16.7 Å². The maximum atomic E-state index is 9.92. The lowest BCUT2D eigenvalue weighted by atomic mass is 10.1. The second kappa shape index (κ2) is 7.24. The first-order valence-corrected chi connectivity index (χ1v) is 7.10. The molecule has 0 spiro atoms. The van der Waals surface area contributed by atoms with Crippen molar-refractivity contribution in [1.82, 2.24) is 15.1 Å². The minimum atomic E-state index is -0.539. The van der Waals surface area contributed by atoms with Crippen LogP contribution in [0.4, 0.5) is 0 Å². The predicted molar refractivity (Wildman–Crippen MR) is 82.3 cm³/mol. The Morgan fingerprint density at radius 3 is 2.62 bits per heavy atom. The first-order chi connectivity index (χ1) is 10.0. The van der Waals surface area contributed by atoms with Crippen molar-refractivity contribution in [3.63, 3.8) is 0 Å². The number of aromatic nitrogens is 2. The third-order valence-electron chi connectivity index (χ3n) is 3.11. The lowest BCUT2D eigenvalue weighted by molar-refractivity contribution is 0.106. The van der Waals surface area contributed by atoms with Crippen LogP contribution < -0.4 is 10.1 Å². The molecule has 0 aliphatic carbocycles. The highest BCUT2D eigenvalue weighted by Gasteiger charge is 2.06. The van der Waals surface area contributed by atoms with Gasteiger partial charge in [-0.05, 0) is 37.1 Å². The molecule has 2 aromatic rings. The Balaban J connectivity index is 1.70. The summed E-state index contributed by atoms with van der Waals surface area (Å²) in [5, 5.41) is 17.2. The Bertz CT molecular complexity index is 560. The van der Waals surface area contributed by atoms with Gasteiger partial charge < -0.3 is 15.2 Å². The average Bonchev–Trinajstić information content (AvgIpc) is 2.81. The second-order valence-electron chi connectivity index (χ2n) is 5.44. The molecular weight excluding hydrogens is 266 g/mol. The van der Waals surface area contributed by atoms with Crippen LogP contribution in [0.15, 0.2) is 30.6 Å². The molecule has 1 unspecified atom stereocenters. The largest absolute Gasteiger partial charge is 0.491 e. The number of aryl methyl sites for hydroxylation is 3. The van der Waals surface area contributed by atoms with Crippen LogP contribution in [0.3, 0.4) is 0 Å². The van der Waals surface area contributed by atoms with Crippen LogP contribution >= 0.6 is 0 Å². The van der Waals surface area contributed by atoms with Gasteiger partial charge in [0, 0.05) is 31.9 Å². The van der Waals surface area contributed by atoms with E-state index in [-0.39, 0.29) is 6.61 Å². The number of hydrogen-bond donors (Lipinski definition) is 2. The van der Waals surface area contributed by atoms with E-state index in [0.29, 0.717) is 13.1 Å². The van der Waals surface area contributed by atoms with E-state index in [4.69, 9.17) is 4.74 Å². The topological polar surface area (TPSA) is 59.3 Å². The van der Waals surface area contributed by atoms with E-state index in [1.54, 1.807) is 4.68 Å². The Morgan fingerprint density at radius 2 is 2.00 bits per heavy atom. The molecule has 1 atom stereocenters. The summed E-state index contributed by atoms with van der Waals surface area (Å²) in [5.41, 5.74) is 3.42. The van der Waals surface area contributed by atoms with Crippen molar-refractivity contribution >= 4 is 0 Å². The summed E-state index contributed by atoms with van der Waals surface area (Å²) in [6.07, 6.45) is 3.22. The Kier molecular flexibility index (Phi) is 5.36. The highest BCUT2D eigenvalue weighted by Crippen LogP contribution is 2.16. The second-order valence-corrected chi connectivity index (χ2v) is 5.44. The Hall–Kier alpha value is -1.85. The maximum absolute atomic E-state index is 9.92. The lowest BCUT2D eigenvalue weighted by Crippen LogP contribution is -2.31. The first-order valence-electron chi connectivity index (χ1n) is 7.10. The third kappa shape index (κ3) is 5.21. The van der Waals surface area contributed by atoms with E-state index >= 15 is 0 Å². The van der Waals surface area contributed by atoms with Crippen molar-refractivity contribution in [3.05, 3.63) is 47.3 Å². The zero-order valence-corrected chi connectivity index (χ0v) is 12.8. The van der Waals surface area contributed by atoms with Gasteiger partial charge in [0.25, 0.3) is 0 Å². The molecular formula is C16H23N3O2. The van der Waals surface area contributed by atoms with Gasteiger partial charge in [-0.25, -0.2) is 0 Å². The van der Waals surface area contributed by atoms with Gasteiger partial charge in [-0.15, -0.1) is 0 Å². The molecule has 0 bridgehead atoms. The number of rotatable bonds is 7. The van der Waals surface area contributed by atoms with Crippen LogP contribution in [0, 0.1) is 13.8 Å². The summed E-state index contributed by atoms with van der Waals surface area (Å²) in [7, 11) is 1.88. The SMILES string of the molecule is Cc1cc(C)cc(OCC(O)CNCc2cnn(C)c2)c1. The van der Waals surface area contributed by atoms with E-state index in [9.17, 15) is 5.11 Å². The first kappa shape index (κ1) is 15.5. The maximum Gasteiger partial charge on any atom is 0.119 e. The van der Waals surface area contributed by atoms with E-state index in [0.717, 1.165) is 22.4 Å². The molecule has 0 amide bonds. The molecule has 0 aliphatic heterocycles. The summed E-state index contributed by atoms with van der Waals surface area (Å²) in [6, 6.07) is 6.05. The van der Waals surface area contributed by atoms with Crippen LogP contribution in [-0.4, -0.2) is 34.1 Å². The quantitative estimate of drug-likeness (QED) is 0.812. The summed E-state index contributed by atoms with van der Waals surface area (Å²) in [5.74, 6) is 0.804. The molecule has 0 fully saturated rings. The lowest BCUT2D eigenvalue weighted by Gasteiger charge is -2.13.